The zero-order chi connectivity index (χ0) is 13.7. The molecule has 1 heterocycles. The first-order valence-electron chi connectivity index (χ1n) is 7.83. The summed E-state index contributed by atoms with van der Waals surface area (Å²) in [5, 5.41) is 3.46. The summed E-state index contributed by atoms with van der Waals surface area (Å²) in [6.07, 6.45) is 6.81. The van der Waals surface area contributed by atoms with E-state index >= 15 is 0 Å². The molecule has 1 aliphatic heterocycles. The standard InChI is InChI=1S/C15H30N4/c1-4-16-14(17-10-6-11-18(2)3)19-12-9-15(13-19)7-5-8-15/h4-13H2,1-3H3,(H,16,17). The van der Waals surface area contributed by atoms with Crippen molar-refractivity contribution in [3.63, 3.8) is 0 Å². The molecule has 0 aromatic rings. The minimum Gasteiger partial charge on any atom is -0.357 e. The zero-order valence-electron chi connectivity index (χ0n) is 12.9. The van der Waals surface area contributed by atoms with E-state index in [1.165, 1.54) is 38.8 Å². The third-order valence-electron chi connectivity index (χ3n) is 4.51. The minimum absolute atomic E-state index is 0.653. The maximum Gasteiger partial charge on any atom is 0.193 e. The van der Waals surface area contributed by atoms with Crippen molar-refractivity contribution in [1.29, 1.82) is 0 Å². The Kier molecular flexibility index (Phi) is 5.08. The molecule has 1 N–H and O–H groups in total. The average molecular weight is 266 g/mol. The number of nitrogens with one attached hydrogen (secondary N) is 1. The third-order valence-corrected chi connectivity index (χ3v) is 4.51. The molecule has 2 aliphatic rings. The number of hydrogen-bond acceptors (Lipinski definition) is 2. The van der Waals surface area contributed by atoms with Crippen LogP contribution in [0.5, 0.6) is 0 Å². The predicted molar refractivity (Wildman–Crippen MR) is 81.6 cm³/mol. The molecule has 19 heavy (non-hydrogen) atoms. The van der Waals surface area contributed by atoms with Gasteiger partial charge < -0.3 is 15.1 Å². The highest BCUT2D eigenvalue weighted by Gasteiger charge is 2.43. The maximum absolute atomic E-state index is 4.80. The second kappa shape index (κ2) is 6.60. The number of nitrogens with zero attached hydrogens (tertiary/aromatic N) is 3. The minimum atomic E-state index is 0.653. The highest BCUT2D eigenvalue weighted by Crippen LogP contribution is 2.47. The lowest BCUT2D eigenvalue weighted by atomic mass is 9.68. The average Bonchev–Trinajstić information content (AvgIpc) is 2.78. The molecule has 1 saturated carbocycles. The quantitative estimate of drug-likeness (QED) is 0.467. The largest absolute Gasteiger partial charge is 0.357 e. The summed E-state index contributed by atoms with van der Waals surface area (Å²) >= 11 is 0. The summed E-state index contributed by atoms with van der Waals surface area (Å²) in [7, 11) is 4.24. The molecule has 1 spiro atoms. The van der Waals surface area contributed by atoms with E-state index in [0.29, 0.717) is 5.41 Å². The van der Waals surface area contributed by atoms with Gasteiger partial charge in [0, 0.05) is 26.2 Å². The molecule has 0 unspecified atom stereocenters. The molecule has 110 valence electrons. The Morgan fingerprint density at radius 3 is 2.63 bits per heavy atom. The van der Waals surface area contributed by atoms with Crippen LogP contribution in [0.4, 0.5) is 0 Å². The summed E-state index contributed by atoms with van der Waals surface area (Å²) < 4.78 is 0. The number of hydrogen-bond donors (Lipinski definition) is 1. The van der Waals surface area contributed by atoms with Crippen LogP contribution in [-0.2, 0) is 0 Å². The van der Waals surface area contributed by atoms with Gasteiger partial charge in [0.25, 0.3) is 0 Å². The topological polar surface area (TPSA) is 30.9 Å². The highest BCUT2D eigenvalue weighted by molar-refractivity contribution is 5.80. The van der Waals surface area contributed by atoms with Gasteiger partial charge >= 0.3 is 0 Å². The second-order valence-corrected chi connectivity index (χ2v) is 6.42. The van der Waals surface area contributed by atoms with Gasteiger partial charge in [-0.05, 0) is 58.7 Å². The van der Waals surface area contributed by atoms with Crippen LogP contribution in [0.2, 0.25) is 0 Å². The van der Waals surface area contributed by atoms with Gasteiger partial charge in [0.1, 0.15) is 0 Å². The van der Waals surface area contributed by atoms with E-state index in [4.69, 9.17) is 4.99 Å². The number of likely N-dealkylation sites (tertiary alicyclic amines) is 1. The fraction of sp³-hybridized carbons (Fsp3) is 0.933. The number of rotatable bonds is 5. The molecule has 0 atom stereocenters. The lowest BCUT2D eigenvalue weighted by molar-refractivity contribution is 0.151. The van der Waals surface area contributed by atoms with E-state index in [2.05, 4.69) is 36.1 Å². The lowest BCUT2D eigenvalue weighted by Gasteiger charge is -2.38. The van der Waals surface area contributed by atoms with Crippen LogP contribution >= 0.6 is 0 Å². The third kappa shape index (κ3) is 3.85. The van der Waals surface area contributed by atoms with Crippen LogP contribution in [0.15, 0.2) is 4.99 Å². The van der Waals surface area contributed by atoms with Crippen LogP contribution in [0.1, 0.15) is 39.0 Å². The monoisotopic (exact) mass is 266 g/mol. The smallest absolute Gasteiger partial charge is 0.193 e. The normalized spacial score (nSPS) is 22.1. The summed E-state index contributed by atoms with van der Waals surface area (Å²) in [6.45, 7) is 7.60. The van der Waals surface area contributed by atoms with Crippen LogP contribution in [0, 0.1) is 5.41 Å². The molecule has 2 fully saturated rings. The Morgan fingerprint density at radius 2 is 2.11 bits per heavy atom. The van der Waals surface area contributed by atoms with Crippen molar-refractivity contribution in [3.05, 3.63) is 0 Å². The van der Waals surface area contributed by atoms with Gasteiger partial charge in [-0.1, -0.05) is 6.42 Å². The maximum atomic E-state index is 4.80. The molecule has 4 heteroatoms. The van der Waals surface area contributed by atoms with E-state index < -0.39 is 0 Å². The molecular formula is C15H30N4. The van der Waals surface area contributed by atoms with Gasteiger partial charge in [0.15, 0.2) is 5.96 Å². The molecule has 0 radical (unpaired) electrons. The molecular weight excluding hydrogens is 236 g/mol. The van der Waals surface area contributed by atoms with E-state index in [9.17, 15) is 0 Å². The molecule has 1 saturated heterocycles. The molecule has 1 aliphatic carbocycles. The first-order valence-corrected chi connectivity index (χ1v) is 7.83. The fourth-order valence-corrected chi connectivity index (χ4v) is 3.20. The van der Waals surface area contributed by atoms with E-state index in [1.807, 2.05) is 0 Å². The SMILES string of the molecule is CCNC(=NCCCN(C)C)N1CCC2(CCC2)C1. The van der Waals surface area contributed by atoms with Crippen LogP contribution in [-0.4, -0.2) is 62.6 Å². The van der Waals surface area contributed by atoms with Crippen molar-refractivity contribution in [1.82, 2.24) is 15.1 Å². The van der Waals surface area contributed by atoms with E-state index in [0.717, 1.165) is 32.0 Å². The summed E-state index contributed by atoms with van der Waals surface area (Å²) in [5.74, 6) is 1.14. The Morgan fingerprint density at radius 1 is 1.32 bits per heavy atom. The van der Waals surface area contributed by atoms with E-state index in [1.54, 1.807) is 0 Å². The molecule has 2 rings (SSSR count). The highest BCUT2D eigenvalue weighted by atomic mass is 15.3. The van der Waals surface area contributed by atoms with Crippen molar-refractivity contribution in [2.75, 3.05) is 46.8 Å². The molecule has 0 aromatic heterocycles. The first kappa shape index (κ1) is 14.6. The first-order chi connectivity index (χ1) is 9.15. The van der Waals surface area contributed by atoms with Gasteiger partial charge in [0.05, 0.1) is 0 Å². The summed E-state index contributed by atoms with van der Waals surface area (Å²) in [5.41, 5.74) is 0.653. The van der Waals surface area contributed by atoms with Gasteiger partial charge in [-0.25, -0.2) is 0 Å². The lowest BCUT2D eigenvalue weighted by Crippen LogP contribution is -2.42. The van der Waals surface area contributed by atoms with Crippen LogP contribution < -0.4 is 5.32 Å². The molecule has 0 aromatic carbocycles. The van der Waals surface area contributed by atoms with Crippen LogP contribution in [0.3, 0.4) is 0 Å². The predicted octanol–water partition coefficient (Wildman–Crippen LogP) is 1.78. The molecule has 4 nitrogen and oxygen atoms in total. The second-order valence-electron chi connectivity index (χ2n) is 6.42. The van der Waals surface area contributed by atoms with Gasteiger partial charge in [-0.15, -0.1) is 0 Å². The van der Waals surface area contributed by atoms with Crippen molar-refractivity contribution in [3.8, 4) is 0 Å². The van der Waals surface area contributed by atoms with Crippen molar-refractivity contribution in [2.45, 2.75) is 39.0 Å². The van der Waals surface area contributed by atoms with Gasteiger partial charge in [-0.3, -0.25) is 4.99 Å². The van der Waals surface area contributed by atoms with E-state index in [-0.39, 0.29) is 0 Å². The number of aliphatic imine (C=N–C) groups is 1. The summed E-state index contributed by atoms with van der Waals surface area (Å²) in [6, 6.07) is 0. The van der Waals surface area contributed by atoms with Gasteiger partial charge in [-0.2, -0.15) is 0 Å². The number of guanidine groups is 1. The zero-order valence-corrected chi connectivity index (χ0v) is 12.9. The molecule has 0 amide bonds. The Labute approximate surface area is 118 Å². The Hall–Kier alpha value is -0.770. The van der Waals surface area contributed by atoms with Gasteiger partial charge in [0.2, 0.25) is 0 Å². The van der Waals surface area contributed by atoms with Crippen molar-refractivity contribution in [2.24, 2.45) is 10.4 Å². The van der Waals surface area contributed by atoms with Crippen molar-refractivity contribution >= 4 is 5.96 Å². The summed E-state index contributed by atoms with van der Waals surface area (Å²) in [4.78, 5) is 9.50. The van der Waals surface area contributed by atoms with Crippen molar-refractivity contribution < 1.29 is 0 Å². The fourth-order valence-electron chi connectivity index (χ4n) is 3.20. The Bertz CT molecular complexity index is 307. The Balaban J connectivity index is 1.83. The molecule has 0 bridgehead atoms. The van der Waals surface area contributed by atoms with Crippen LogP contribution in [0.25, 0.3) is 0 Å².